The van der Waals surface area contributed by atoms with E-state index in [2.05, 4.69) is 31.6 Å². The summed E-state index contributed by atoms with van der Waals surface area (Å²) in [6, 6.07) is 12.1. The Bertz CT molecular complexity index is 766. The van der Waals surface area contributed by atoms with Crippen LogP contribution in [-0.4, -0.2) is 44.2 Å². The molecule has 0 bridgehead atoms. The molecule has 8 heteroatoms. The monoisotopic (exact) mass is 515 g/mol. The molecule has 1 aromatic heterocycles. The fraction of sp³-hybridized carbons (Fsp3) is 0.400. The van der Waals surface area contributed by atoms with Crippen molar-refractivity contribution in [1.82, 2.24) is 15.6 Å². The van der Waals surface area contributed by atoms with Gasteiger partial charge in [0.25, 0.3) is 0 Å². The van der Waals surface area contributed by atoms with Crippen molar-refractivity contribution in [2.45, 2.75) is 25.4 Å². The number of hydrogen-bond donors (Lipinski definition) is 2. The van der Waals surface area contributed by atoms with Crippen molar-refractivity contribution in [3.05, 3.63) is 53.2 Å². The van der Waals surface area contributed by atoms with E-state index >= 15 is 0 Å². The zero-order valence-electron chi connectivity index (χ0n) is 16.2. The average molecular weight is 516 g/mol. The lowest BCUT2D eigenvalue weighted by Gasteiger charge is -2.33. The van der Waals surface area contributed by atoms with Gasteiger partial charge in [-0.15, -0.1) is 24.0 Å². The van der Waals surface area contributed by atoms with Crippen LogP contribution in [-0.2, 0) is 6.54 Å². The number of hydrogen-bond acceptors (Lipinski definition) is 4. The SMILES string of the molecule is CN=C(NCc1ccc(Cl)cc1OC)NC1CCN(c2ccccn2)CC1.I. The second kappa shape index (κ2) is 11.3. The first-order valence-electron chi connectivity index (χ1n) is 9.15. The highest BCUT2D eigenvalue weighted by Crippen LogP contribution is 2.23. The largest absolute Gasteiger partial charge is 0.496 e. The van der Waals surface area contributed by atoms with Gasteiger partial charge in [-0.1, -0.05) is 23.7 Å². The lowest BCUT2D eigenvalue weighted by molar-refractivity contribution is 0.409. The van der Waals surface area contributed by atoms with Crippen LogP contribution in [0, 0.1) is 0 Å². The molecule has 1 aromatic carbocycles. The molecule has 0 unspecified atom stereocenters. The molecule has 6 nitrogen and oxygen atoms in total. The van der Waals surface area contributed by atoms with Gasteiger partial charge >= 0.3 is 0 Å². The van der Waals surface area contributed by atoms with E-state index in [0.29, 0.717) is 17.6 Å². The van der Waals surface area contributed by atoms with Gasteiger partial charge in [-0.05, 0) is 37.1 Å². The number of piperidine rings is 1. The van der Waals surface area contributed by atoms with Crippen molar-refractivity contribution >= 4 is 47.4 Å². The fourth-order valence-corrected chi connectivity index (χ4v) is 3.39. The van der Waals surface area contributed by atoms with E-state index in [0.717, 1.165) is 49.0 Å². The number of guanidine groups is 1. The highest BCUT2D eigenvalue weighted by molar-refractivity contribution is 14.0. The summed E-state index contributed by atoms with van der Waals surface area (Å²) in [5.41, 5.74) is 1.04. The van der Waals surface area contributed by atoms with E-state index in [-0.39, 0.29) is 24.0 Å². The van der Waals surface area contributed by atoms with Crippen molar-refractivity contribution in [1.29, 1.82) is 0 Å². The predicted molar refractivity (Wildman–Crippen MR) is 126 cm³/mol. The lowest BCUT2D eigenvalue weighted by Crippen LogP contribution is -2.48. The van der Waals surface area contributed by atoms with E-state index < -0.39 is 0 Å². The van der Waals surface area contributed by atoms with Crippen molar-refractivity contribution in [2.75, 3.05) is 32.1 Å². The van der Waals surface area contributed by atoms with Crippen molar-refractivity contribution in [3.63, 3.8) is 0 Å². The molecule has 0 radical (unpaired) electrons. The van der Waals surface area contributed by atoms with Gasteiger partial charge in [0.1, 0.15) is 11.6 Å². The molecule has 2 aromatic rings. The standard InChI is InChI=1S/C20H26ClN5O.HI/c1-22-20(24-14-15-6-7-16(21)13-18(15)27-2)25-17-8-11-26(12-9-17)19-5-3-4-10-23-19;/h3-7,10,13,17H,8-9,11-12,14H2,1-2H3,(H2,22,24,25);1H. The van der Waals surface area contributed by atoms with Gasteiger partial charge in [-0.25, -0.2) is 4.98 Å². The summed E-state index contributed by atoms with van der Waals surface area (Å²) in [6.07, 6.45) is 3.93. The second-order valence-corrected chi connectivity index (χ2v) is 6.91. The minimum atomic E-state index is 0. The lowest BCUT2D eigenvalue weighted by atomic mass is 10.1. The number of ether oxygens (including phenoxy) is 1. The molecule has 0 atom stereocenters. The first kappa shape index (κ1) is 22.5. The van der Waals surface area contributed by atoms with Crippen molar-refractivity contribution < 1.29 is 4.74 Å². The van der Waals surface area contributed by atoms with E-state index in [4.69, 9.17) is 16.3 Å². The van der Waals surface area contributed by atoms with Crippen LogP contribution in [0.25, 0.3) is 0 Å². The average Bonchev–Trinajstić information content (AvgIpc) is 2.72. The third kappa shape index (κ3) is 6.13. The van der Waals surface area contributed by atoms with Gasteiger partial charge in [0.05, 0.1) is 7.11 Å². The first-order chi connectivity index (χ1) is 13.2. The van der Waals surface area contributed by atoms with Crippen LogP contribution in [0.4, 0.5) is 5.82 Å². The van der Waals surface area contributed by atoms with Crippen LogP contribution in [0.1, 0.15) is 18.4 Å². The number of aromatic nitrogens is 1. The number of nitrogens with one attached hydrogen (secondary N) is 2. The molecule has 0 amide bonds. The maximum absolute atomic E-state index is 6.03. The Labute approximate surface area is 188 Å². The third-order valence-electron chi connectivity index (χ3n) is 4.73. The predicted octanol–water partition coefficient (Wildman–Crippen LogP) is 3.70. The zero-order chi connectivity index (χ0) is 19.1. The summed E-state index contributed by atoms with van der Waals surface area (Å²) < 4.78 is 5.40. The highest BCUT2D eigenvalue weighted by Gasteiger charge is 2.20. The number of rotatable bonds is 5. The summed E-state index contributed by atoms with van der Waals surface area (Å²) in [4.78, 5) is 11.1. The number of benzene rings is 1. The van der Waals surface area contributed by atoms with Gasteiger partial charge in [-0.3, -0.25) is 4.99 Å². The molecule has 1 aliphatic rings. The topological polar surface area (TPSA) is 61.8 Å². The molecular formula is C20H27ClIN5O. The Morgan fingerprint density at radius 2 is 2.07 bits per heavy atom. The normalized spacial score (nSPS) is 15.0. The minimum Gasteiger partial charge on any atom is -0.496 e. The number of methoxy groups -OCH3 is 1. The molecular weight excluding hydrogens is 489 g/mol. The number of pyridine rings is 1. The third-order valence-corrected chi connectivity index (χ3v) is 4.96. The summed E-state index contributed by atoms with van der Waals surface area (Å²) in [5, 5.41) is 7.55. The Kier molecular flexibility index (Phi) is 9.11. The quantitative estimate of drug-likeness (QED) is 0.361. The number of anilines is 1. The summed E-state index contributed by atoms with van der Waals surface area (Å²) in [7, 11) is 3.44. The molecule has 1 aliphatic heterocycles. The maximum atomic E-state index is 6.03. The molecule has 1 fully saturated rings. The van der Waals surface area contributed by atoms with Crippen molar-refractivity contribution in [2.24, 2.45) is 4.99 Å². The minimum absolute atomic E-state index is 0. The first-order valence-corrected chi connectivity index (χ1v) is 9.53. The van der Waals surface area contributed by atoms with E-state index in [1.807, 2.05) is 36.5 Å². The van der Waals surface area contributed by atoms with E-state index in [9.17, 15) is 0 Å². The smallest absolute Gasteiger partial charge is 0.191 e. The Morgan fingerprint density at radius 1 is 1.29 bits per heavy atom. The zero-order valence-corrected chi connectivity index (χ0v) is 19.3. The van der Waals surface area contributed by atoms with E-state index in [1.165, 1.54) is 0 Å². The van der Waals surface area contributed by atoms with Gasteiger partial charge < -0.3 is 20.3 Å². The molecule has 2 N–H and O–H groups in total. The maximum Gasteiger partial charge on any atom is 0.191 e. The number of halogens is 2. The number of nitrogens with zero attached hydrogens (tertiary/aromatic N) is 3. The van der Waals surface area contributed by atoms with Crippen LogP contribution < -0.4 is 20.3 Å². The molecule has 28 heavy (non-hydrogen) atoms. The summed E-state index contributed by atoms with van der Waals surface area (Å²) >= 11 is 6.03. The molecule has 0 aliphatic carbocycles. The molecule has 1 saturated heterocycles. The Hall–Kier alpha value is -1.74. The molecule has 152 valence electrons. The van der Waals surface area contributed by atoms with Gasteiger partial charge in [0.15, 0.2) is 5.96 Å². The highest BCUT2D eigenvalue weighted by atomic mass is 127. The van der Waals surface area contributed by atoms with Crippen molar-refractivity contribution in [3.8, 4) is 5.75 Å². The molecule has 2 heterocycles. The molecule has 0 saturated carbocycles. The van der Waals surface area contributed by atoms with Crippen LogP contribution >= 0.6 is 35.6 Å². The van der Waals surface area contributed by atoms with Gasteiger partial charge in [0.2, 0.25) is 0 Å². The number of aliphatic imine (C=N–C) groups is 1. The summed E-state index contributed by atoms with van der Waals surface area (Å²) in [6.45, 7) is 2.58. The van der Waals surface area contributed by atoms with Crippen LogP contribution in [0.2, 0.25) is 5.02 Å². The van der Waals surface area contributed by atoms with Gasteiger partial charge in [-0.2, -0.15) is 0 Å². The second-order valence-electron chi connectivity index (χ2n) is 6.48. The Balaban J connectivity index is 0.00000280. The van der Waals surface area contributed by atoms with E-state index in [1.54, 1.807) is 14.2 Å². The van der Waals surface area contributed by atoms with Gasteiger partial charge in [0, 0.05) is 49.5 Å². The van der Waals surface area contributed by atoms with Crippen LogP contribution in [0.15, 0.2) is 47.6 Å². The summed E-state index contributed by atoms with van der Waals surface area (Å²) in [5.74, 6) is 2.62. The molecule has 0 spiro atoms. The van der Waals surface area contributed by atoms with Crippen LogP contribution in [0.5, 0.6) is 5.75 Å². The van der Waals surface area contributed by atoms with Crippen LogP contribution in [0.3, 0.4) is 0 Å². The molecule has 3 rings (SSSR count). The fourth-order valence-electron chi connectivity index (χ4n) is 3.23. The Morgan fingerprint density at radius 3 is 2.71 bits per heavy atom.